The summed E-state index contributed by atoms with van der Waals surface area (Å²) in [6, 6.07) is 12.6. The molecule has 0 unspecified atom stereocenters. The molecule has 2 aromatic rings. The van der Waals surface area contributed by atoms with E-state index in [1.54, 1.807) is 18.2 Å². The smallest absolute Gasteiger partial charge is 0.346 e. The number of amides is 1. The summed E-state index contributed by atoms with van der Waals surface area (Å²) in [5.41, 5.74) is 1.92. The molecular formula is C21H25NO5. The van der Waals surface area contributed by atoms with Gasteiger partial charge in [-0.05, 0) is 36.1 Å². The first-order valence-corrected chi connectivity index (χ1v) is 8.78. The van der Waals surface area contributed by atoms with Crippen LogP contribution < -0.4 is 14.8 Å². The number of methoxy groups -OCH3 is 2. The van der Waals surface area contributed by atoms with Crippen LogP contribution in [0, 0.1) is 0 Å². The highest BCUT2D eigenvalue weighted by molar-refractivity contribution is 5.98. The summed E-state index contributed by atoms with van der Waals surface area (Å²) in [5.74, 6) is -0.145. The minimum atomic E-state index is -0.685. The summed E-state index contributed by atoms with van der Waals surface area (Å²) in [6.07, 6.45) is 0.954. The zero-order valence-corrected chi connectivity index (χ0v) is 16.1. The van der Waals surface area contributed by atoms with E-state index in [0.717, 1.165) is 17.7 Å². The molecule has 6 nitrogen and oxygen atoms in total. The van der Waals surface area contributed by atoms with Crippen molar-refractivity contribution >= 4 is 17.6 Å². The van der Waals surface area contributed by atoms with E-state index in [0.29, 0.717) is 17.4 Å². The molecule has 0 aliphatic carbocycles. The van der Waals surface area contributed by atoms with Crippen LogP contribution in [-0.2, 0) is 9.53 Å². The number of benzene rings is 2. The highest BCUT2D eigenvalue weighted by atomic mass is 16.5. The minimum Gasteiger partial charge on any atom is -0.496 e. The standard InChI is InChI=1S/C21H25NO5/c1-5-14(2)15-9-6-7-10-16(15)22-19(23)13-27-21(24)20-17(25-3)11-8-12-18(20)26-4/h6-12,14H,5,13H2,1-4H3,(H,22,23)/t14-/m0/s1. The molecule has 0 spiro atoms. The van der Waals surface area contributed by atoms with Gasteiger partial charge in [-0.2, -0.15) is 0 Å². The summed E-state index contributed by atoms with van der Waals surface area (Å²) in [4.78, 5) is 24.7. The second-order valence-electron chi connectivity index (χ2n) is 6.06. The van der Waals surface area contributed by atoms with E-state index in [2.05, 4.69) is 19.2 Å². The van der Waals surface area contributed by atoms with Crippen molar-refractivity contribution in [2.75, 3.05) is 26.1 Å². The molecule has 0 aliphatic rings. The van der Waals surface area contributed by atoms with E-state index in [1.165, 1.54) is 14.2 Å². The minimum absolute atomic E-state index is 0.148. The number of hydrogen-bond acceptors (Lipinski definition) is 5. The van der Waals surface area contributed by atoms with Gasteiger partial charge >= 0.3 is 5.97 Å². The van der Waals surface area contributed by atoms with Crippen LogP contribution in [0.15, 0.2) is 42.5 Å². The van der Waals surface area contributed by atoms with E-state index in [9.17, 15) is 9.59 Å². The Morgan fingerprint density at radius 3 is 2.22 bits per heavy atom. The third-order valence-corrected chi connectivity index (χ3v) is 4.34. The molecule has 0 saturated heterocycles. The van der Waals surface area contributed by atoms with Gasteiger partial charge in [0.1, 0.15) is 17.1 Å². The van der Waals surface area contributed by atoms with Crippen LogP contribution in [0.3, 0.4) is 0 Å². The molecule has 0 saturated carbocycles. The van der Waals surface area contributed by atoms with Gasteiger partial charge in [0.05, 0.1) is 14.2 Å². The van der Waals surface area contributed by atoms with Crippen molar-refractivity contribution in [1.29, 1.82) is 0 Å². The molecule has 0 fully saturated rings. The largest absolute Gasteiger partial charge is 0.496 e. The molecule has 0 aromatic heterocycles. The highest BCUT2D eigenvalue weighted by Gasteiger charge is 2.21. The van der Waals surface area contributed by atoms with Crippen molar-refractivity contribution in [3.63, 3.8) is 0 Å². The van der Waals surface area contributed by atoms with E-state index >= 15 is 0 Å². The Kier molecular flexibility index (Phi) is 7.23. The lowest BCUT2D eigenvalue weighted by Gasteiger charge is -2.16. The van der Waals surface area contributed by atoms with Gasteiger partial charge in [-0.25, -0.2) is 4.79 Å². The SMILES string of the molecule is CC[C@H](C)c1ccccc1NC(=O)COC(=O)c1c(OC)cccc1OC. The molecule has 2 rings (SSSR count). The van der Waals surface area contributed by atoms with Crippen molar-refractivity contribution < 1.29 is 23.8 Å². The molecule has 27 heavy (non-hydrogen) atoms. The maximum atomic E-state index is 12.4. The normalized spacial score (nSPS) is 11.4. The number of para-hydroxylation sites is 1. The lowest BCUT2D eigenvalue weighted by atomic mass is 9.97. The number of esters is 1. The second kappa shape index (κ2) is 9.62. The molecule has 0 radical (unpaired) electrons. The van der Waals surface area contributed by atoms with Crippen LogP contribution in [0.5, 0.6) is 11.5 Å². The van der Waals surface area contributed by atoms with Gasteiger partial charge in [0.15, 0.2) is 6.61 Å². The Balaban J connectivity index is 2.06. The summed E-state index contributed by atoms with van der Waals surface area (Å²) >= 11 is 0. The highest BCUT2D eigenvalue weighted by Crippen LogP contribution is 2.29. The molecule has 0 aliphatic heterocycles. The summed E-state index contributed by atoms with van der Waals surface area (Å²) in [6.45, 7) is 3.78. The molecular weight excluding hydrogens is 346 g/mol. The van der Waals surface area contributed by atoms with Crippen LogP contribution in [0.25, 0.3) is 0 Å². The van der Waals surface area contributed by atoms with Crippen LogP contribution in [-0.4, -0.2) is 32.7 Å². The fourth-order valence-corrected chi connectivity index (χ4v) is 2.70. The number of carbonyl (C=O) groups is 2. The van der Waals surface area contributed by atoms with Gasteiger partial charge in [0.25, 0.3) is 5.91 Å². The molecule has 2 aromatic carbocycles. The van der Waals surface area contributed by atoms with Gasteiger partial charge in [0.2, 0.25) is 0 Å². The third-order valence-electron chi connectivity index (χ3n) is 4.34. The molecule has 0 bridgehead atoms. The first kappa shape index (κ1) is 20.3. The predicted octanol–water partition coefficient (Wildman–Crippen LogP) is 4.01. The maximum absolute atomic E-state index is 12.4. The van der Waals surface area contributed by atoms with Crippen molar-refractivity contribution in [3.8, 4) is 11.5 Å². The topological polar surface area (TPSA) is 73.9 Å². The lowest BCUT2D eigenvalue weighted by Crippen LogP contribution is -2.22. The Labute approximate surface area is 159 Å². The summed E-state index contributed by atoms with van der Waals surface area (Å²) < 4.78 is 15.5. The molecule has 0 heterocycles. The summed E-state index contributed by atoms with van der Waals surface area (Å²) in [5, 5.41) is 2.81. The maximum Gasteiger partial charge on any atom is 0.346 e. The number of ether oxygens (including phenoxy) is 3. The van der Waals surface area contributed by atoms with E-state index in [-0.39, 0.29) is 5.56 Å². The first-order valence-electron chi connectivity index (χ1n) is 8.78. The molecule has 144 valence electrons. The van der Waals surface area contributed by atoms with Crippen molar-refractivity contribution in [1.82, 2.24) is 0 Å². The zero-order chi connectivity index (χ0) is 19.8. The van der Waals surface area contributed by atoms with Crippen LogP contribution in [0.1, 0.15) is 42.1 Å². The number of anilines is 1. The molecule has 6 heteroatoms. The first-order chi connectivity index (χ1) is 13.0. The fraction of sp³-hybridized carbons (Fsp3) is 0.333. The molecule has 1 amide bonds. The Hall–Kier alpha value is -3.02. The number of carbonyl (C=O) groups excluding carboxylic acids is 2. The average Bonchev–Trinajstić information content (AvgIpc) is 2.71. The zero-order valence-electron chi connectivity index (χ0n) is 16.1. The van der Waals surface area contributed by atoms with Gasteiger partial charge < -0.3 is 19.5 Å². The second-order valence-corrected chi connectivity index (χ2v) is 6.06. The number of rotatable bonds is 8. The van der Waals surface area contributed by atoms with Crippen molar-refractivity contribution in [2.45, 2.75) is 26.2 Å². The fourth-order valence-electron chi connectivity index (χ4n) is 2.70. The van der Waals surface area contributed by atoms with Crippen LogP contribution >= 0.6 is 0 Å². The van der Waals surface area contributed by atoms with E-state index in [4.69, 9.17) is 14.2 Å². The predicted molar refractivity (Wildman–Crippen MR) is 104 cm³/mol. The molecule has 1 atom stereocenters. The van der Waals surface area contributed by atoms with Gasteiger partial charge in [0, 0.05) is 5.69 Å². The van der Waals surface area contributed by atoms with Crippen molar-refractivity contribution in [2.24, 2.45) is 0 Å². The van der Waals surface area contributed by atoms with Crippen LogP contribution in [0.4, 0.5) is 5.69 Å². The summed E-state index contributed by atoms with van der Waals surface area (Å²) in [7, 11) is 2.90. The number of nitrogens with one attached hydrogen (secondary N) is 1. The van der Waals surface area contributed by atoms with Crippen LogP contribution in [0.2, 0.25) is 0 Å². The van der Waals surface area contributed by atoms with Gasteiger partial charge in [-0.3, -0.25) is 4.79 Å². The monoisotopic (exact) mass is 371 g/mol. The Morgan fingerprint density at radius 1 is 1.00 bits per heavy atom. The third kappa shape index (κ3) is 5.00. The molecule has 1 N–H and O–H groups in total. The van der Waals surface area contributed by atoms with E-state index < -0.39 is 18.5 Å². The van der Waals surface area contributed by atoms with Crippen molar-refractivity contribution in [3.05, 3.63) is 53.6 Å². The Bertz CT molecular complexity index is 781. The van der Waals surface area contributed by atoms with Gasteiger partial charge in [-0.15, -0.1) is 0 Å². The average molecular weight is 371 g/mol. The number of hydrogen-bond donors (Lipinski definition) is 1. The van der Waals surface area contributed by atoms with E-state index in [1.807, 2.05) is 24.3 Å². The lowest BCUT2D eigenvalue weighted by molar-refractivity contribution is -0.119. The van der Waals surface area contributed by atoms with Gasteiger partial charge in [-0.1, -0.05) is 38.1 Å². The Morgan fingerprint density at radius 2 is 1.63 bits per heavy atom. The quantitative estimate of drug-likeness (QED) is 0.710.